The number of benzene rings is 3. The Hall–Kier alpha value is -3.93. The number of anilines is 2. The number of carboxylic acids is 1. The highest BCUT2D eigenvalue weighted by molar-refractivity contribution is 6.17. The number of aliphatic carboxylic acids is 1. The summed E-state index contributed by atoms with van der Waals surface area (Å²) in [6.07, 6.45) is 1.73. The Labute approximate surface area is 193 Å². The molecule has 0 bridgehead atoms. The van der Waals surface area contributed by atoms with Crippen LogP contribution in [0.15, 0.2) is 83.9 Å². The van der Waals surface area contributed by atoms with Crippen LogP contribution in [0.5, 0.6) is 0 Å². The van der Waals surface area contributed by atoms with Gasteiger partial charge in [0.25, 0.3) is 0 Å². The van der Waals surface area contributed by atoms with E-state index in [1.807, 2.05) is 85.8 Å². The molecule has 0 radical (unpaired) electrons. The van der Waals surface area contributed by atoms with E-state index >= 15 is 0 Å². The summed E-state index contributed by atoms with van der Waals surface area (Å²) in [5, 5.41) is 12.3. The Morgan fingerprint density at radius 2 is 1.73 bits per heavy atom. The Balaban J connectivity index is 1.67. The second-order valence-corrected chi connectivity index (χ2v) is 8.15. The van der Waals surface area contributed by atoms with Gasteiger partial charge in [-0.3, -0.25) is 14.6 Å². The maximum Gasteiger partial charge on any atom is 0.325 e. The summed E-state index contributed by atoms with van der Waals surface area (Å²) < 4.78 is 0. The molecule has 0 aromatic heterocycles. The average Bonchev–Trinajstić information content (AvgIpc) is 3.32. The molecule has 1 aliphatic heterocycles. The number of aliphatic imine (C=N–C) groups is 1. The van der Waals surface area contributed by atoms with Crippen LogP contribution in [0.2, 0.25) is 0 Å². The first-order valence-electron chi connectivity index (χ1n) is 11.1. The van der Waals surface area contributed by atoms with Gasteiger partial charge in [-0.05, 0) is 44.0 Å². The number of nitrogens with zero attached hydrogens (tertiary/aromatic N) is 2. The third-order valence-electron chi connectivity index (χ3n) is 5.75. The molecule has 2 N–H and O–H groups in total. The molecule has 6 nitrogen and oxygen atoms in total. The number of amides is 1. The van der Waals surface area contributed by atoms with Crippen molar-refractivity contribution < 1.29 is 14.7 Å². The van der Waals surface area contributed by atoms with Gasteiger partial charge in [0.15, 0.2) is 0 Å². The molecule has 1 amide bonds. The van der Waals surface area contributed by atoms with E-state index in [1.54, 1.807) is 0 Å². The number of rotatable bonds is 7. The third-order valence-corrected chi connectivity index (χ3v) is 5.75. The minimum absolute atomic E-state index is 0.0768. The van der Waals surface area contributed by atoms with E-state index in [0.717, 1.165) is 36.2 Å². The molecule has 0 saturated carbocycles. The number of hydrogen-bond acceptors (Lipinski definition) is 4. The van der Waals surface area contributed by atoms with Crippen molar-refractivity contribution in [2.45, 2.75) is 25.8 Å². The monoisotopic (exact) mass is 441 g/mol. The molecule has 168 valence electrons. The molecule has 1 atom stereocenters. The van der Waals surface area contributed by atoms with Gasteiger partial charge in [0.1, 0.15) is 12.6 Å². The highest BCUT2D eigenvalue weighted by atomic mass is 16.4. The van der Waals surface area contributed by atoms with Gasteiger partial charge in [-0.2, -0.15) is 0 Å². The van der Waals surface area contributed by atoms with E-state index in [0.29, 0.717) is 17.0 Å². The number of aryl methyl sites for hydroxylation is 1. The first-order chi connectivity index (χ1) is 16.0. The first kappa shape index (κ1) is 22.3. The standard InChI is InChI=1S/C27H27N3O3/c1-19-14-15-23(22(17-19)26(28-18-25(31)32)20-9-4-2-5-10-20)29-27(33)24-13-8-16-30(24)21-11-6-3-7-12-21/h2-7,9-12,14-15,17,24H,8,13,16,18H2,1H3,(H,29,33)(H,31,32). The van der Waals surface area contributed by atoms with Crippen LogP contribution in [0.3, 0.4) is 0 Å². The minimum atomic E-state index is -1.01. The van der Waals surface area contributed by atoms with Crippen LogP contribution in [0.4, 0.5) is 11.4 Å². The van der Waals surface area contributed by atoms with E-state index in [4.69, 9.17) is 0 Å². The van der Waals surface area contributed by atoms with Crippen molar-refractivity contribution in [3.8, 4) is 0 Å². The molecule has 6 heteroatoms. The number of carbonyl (C=O) groups excluding carboxylic acids is 1. The largest absolute Gasteiger partial charge is 0.480 e. The smallest absolute Gasteiger partial charge is 0.325 e. The summed E-state index contributed by atoms with van der Waals surface area (Å²) >= 11 is 0. The zero-order chi connectivity index (χ0) is 23.2. The second-order valence-electron chi connectivity index (χ2n) is 8.15. The van der Waals surface area contributed by atoms with Crippen LogP contribution >= 0.6 is 0 Å². The summed E-state index contributed by atoms with van der Waals surface area (Å²) in [4.78, 5) is 31.2. The van der Waals surface area contributed by atoms with Crippen LogP contribution < -0.4 is 10.2 Å². The lowest BCUT2D eigenvalue weighted by Gasteiger charge is -2.26. The van der Waals surface area contributed by atoms with Gasteiger partial charge in [-0.1, -0.05) is 60.2 Å². The summed E-state index contributed by atoms with van der Waals surface area (Å²) in [6, 6.07) is 24.9. The number of nitrogens with one attached hydrogen (secondary N) is 1. The van der Waals surface area contributed by atoms with Gasteiger partial charge >= 0.3 is 5.97 Å². The van der Waals surface area contributed by atoms with Gasteiger partial charge in [0.05, 0.1) is 11.4 Å². The van der Waals surface area contributed by atoms with Crippen molar-refractivity contribution in [1.29, 1.82) is 0 Å². The zero-order valence-corrected chi connectivity index (χ0v) is 18.6. The fourth-order valence-corrected chi connectivity index (χ4v) is 4.22. The summed E-state index contributed by atoms with van der Waals surface area (Å²) in [7, 11) is 0. The highest BCUT2D eigenvalue weighted by Crippen LogP contribution is 2.28. The number of carboxylic acid groups (broad SMARTS) is 1. The van der Waals surface area contributed by atoms with Crippen LogP contribution in [0, 0.1) is 6.92 Å². The molecule has 1 aliphatic rings. The maximum atomic E-state index is 13.4. The number of carbonyl (C=O) groups is 2. The second kappa shape index (κ2) is 10.1. The maximum absolute atomic E-state index is 13.4. The topological polar surface area (TPSA) is 82.0 Å². The predicted octanol–water partition coefficient (Wildman–Crippen LogP) is 4.52. The number of para-hydroxylation sites is 1. The van der Waals surface area contributed by atoms with Crippen LogP contribution in [-0.2, 0) is 9.59 Å². The SMILES string of the molecule is Cc1ccc(NC(=O)C2CCCN2c2ccccc2)c(C(=NCC(=O)O)c2ccccc2)c1. The lowest BCUT2D eigenvalue weighted by atomic mass is 9.98. The van der Waals surface area contributed by atoms with E-state index in [-0.39, 0.29) is 18.5 Å². The van der Waals surface area contributed by atoms with E-state index in [1.165, 1.54) is 0 Å². The Bertz CT molecular complexity index is 1160. The first-order valence-corrected chi connectivity index (χ1v) is 11.1. The molecular formula is C27H27N3O3. The molecule has 0 aliphatic carbocycles. The Morgan fingerprint density at radius 1 is 1.03 bits per heavy atom. The van der Waals surface area contributed by atoms with Crippen molar-refractivity contribution in [1.82, 2.24) is 0 Å². The summed E-state index contributed by atoms with van der Waals surface area (Å²) in [5.74, 6) is -1.08. The van der Waals surface area contributed by atoms with E-state index in [2.05, 4.69) is 15.2 Å². The third kappa shape index (κ3) is 5.29. The average molecular weight is 442 g/mol. The van der Waals surface area contributed by atoms with Gasteiger partial charge < -0.3 is 15.3 Å². The minimum Gasteiger partial charge on any atom is -0.480 e. The van der Waals surface area contributed by atoms with Crippen LogP contribution in [-0.4, -0.2) is 41.8 Å². The molecule has 0 spiro atoms. The molecule has 1 unspecified atom stereocenters. The van der Waals surface area contributed by atoms with Crippen molar-refractivity contribution in [3.63, 3.8) is 0 Å². The highest BCUT2D eigenvalue weighted by Gasteiger charge is 2.31. The van der Waals surface area contributed by atoms with Crippen molar-refractivity contribution >= 4 is 29.0 Å². The van der Waals surface area contributed by atoms with Gasteiger partial charge in [-0.25, -0.2) is 0 Å². The fraction of sp³-hybridized carbons (Fsp3) is 0.222. The van der Waals surface area contributed by atoms with Crippen molar-refractivity contribution in [2.75, 3.05) is 23.3 Å². The molecule has 4 rings (SSSR count). The zero-order valence-electron chi connectivity index (χ0n) is 18.6. The summed E-state index contributed by atoms with van der Waals surface area (Å²) in [6.45, 7) is 2.44. The van der Waals surface area contributed by atoms with Crippen LogP contribution in [0.25, 0.3) is 0 Å². The fourth-order valence-electron chi connectivity index (χ4n) is 4.22. The molecule has 1 saturated heterocycles. The van der Waals surface area contributed by atoms with Gasteiger partial charge in [0, 0.05) is 23.4 Å². The molecule has 1 heterocycles. The molecular weight excluding hydrogens is 414 g/mol. The molecule has 3 aromatic rings. The molecule has 3 aromatic carbocycles. The normalized spacial score (nSPS) is 16.0. The Kier molecular flexibility index (Phi) is 6.83. The molecule has 33 heavy (non-hydrogen) atoms. The lowest BCUT2D eigenvalue weighted by Crippen LogP contribution is -2.40. The van der Waals surface area contributed by atoms with Gasteiger partial charge in [-0.15, -0.1) is 0 Å². The quantitative estimate of drug-likeness (QED) is 0.528. The predicted molar refractivity (Wildman–Crippen MR) is 131 cm³/mol. The van der Waals surface area contributed by atoms with Crippen LogP contribution in [0.1, 0.15) is 29.5 Å². The molecule has 1 fully saturated rings. The lowest BCUT2D eigenvalue weighted by molar-refractivity contribution is -0.135. The van der Waals surface area contributed by atoms with Crippen molar-refractivity contribution in [3.05, 3.63) is 95.6 Å². The van der Waals surface area contributed by atoms with E-state index < -0.39 is 5.97 Å². The number of hydrogen-bond donors (Lipinski definition) is 2. The summed E-state index contributed by atoms with van der Waals surface area (Å²) in [5.41, 5.74) is 4.70. The van der Waals surface area contributed by atoms with Gasteiger partial charge in [0.2, 0.25) is 5.91 Å². The van der Waals surface area contributed by atoms with Crippen molar-refractivity contribution in [2.24, 2.45) is 4.99 Å². The van der Waals surface area contributed by atoms with E-state index in [9.17, 15) is 14.7 Å². The Morgan fingerprint density at radius 3 is 2.42 bits per heavy atom.